The van der Waals surface area contributed by atoms with E-state index in [1.54, 1.807) is 6.07 Å². The Morgan fingerprint density at radius 3 is 2.72 bits per heavy atom. The lowest BCUT2D eigenvalue weighted by Gasteiger charge is -2.10. The van der Waals surface area contributed by atoms with Gasteiger partial charge in [0.15, 0.2) is 0 Å². The smallest absolute Gasteiger partial charge is 0.122 e. The van der Waals surface area contributed by atoms with Crippen LogP contribution in [0.3, 0.4) is 0 Å². The van der Waals surface area contributed by atoms with E-state index < -0.39 is 0 Å². The minimum atomic E-state index is 0.409. The maximum absolute atomic E-state index is 8.99. The van der Waals surface area contributed by atoms with E-state index >= 15 is 0 Å². The summed E-state index contributed by atoms with van der Waals surface area (Å²) in [5.41, 5.74) is 2.63. The first-order valence-electron chi connectivity index (χ1n) is 5.57. The summed E-state index contributed by atoms with van der Waals surface area (Å²) in [7, 11) is 0. The van der Waals surface area contributed by atoms with Crippen LogP contribution in [0.4, 0.5) is 0 Å². The van der Waals surface area contributed by atoms with Crippen LogP contribution in [0, 0.1) is 18.3 Å². The van der Waals surface area contributed by atoms with E-state index in [4.69, 9.17) is 10.00 Å². The van der Waals surface area contributed by atoms with Crippen LogP contribution >= 0.6 is 15.9 Å². The second-order valence-electron chi connectivity index (χ2n) is 3.97. The third-order valence-corrected chi connectivity index (χ3v) is 3.15. The van der Waals surface area contributed by atoms with Gasteiger partial charge in [0.2, 0.25) is 0 Å². The number of hydrogen-bond donors (Lipinski definition) is 0. The molecule has 0 heterocycles. The third kappa shape index (κ3) is 2.91. The number of nitrogens with zero attached hydrogens (tertiary/aromatic N) is 1. The van der Waals surface area contributed by atoms with E-state index in [1.807, 2.05) is 43.3 Å². The highest BCUT2D eigenvalue weighted by molar-refractivity contribution is 9.10. The minimum absolute atomic E-state index is 0.409. The number of benzene rings is 2. The van der Waals surface area contributed by atoms with Gasteiger partial charge in [0.25, 0.3) is 0 Å². The molecular weight excluding hydrogens is 290 g/mol. The van der Waals surface area contributed by atoms with Gasteiger partial charge >= 0.3 is 0 Å². The second-order valence-corrected chi connectivity index (χ2v) is 4.88. The van der Waals surface area contributed by atoms with Crippen molar-refractivity contribution in [3.8, 4) is 11.8 Å². The number of aryl methyl sites for hydroxylation is 1. The molecule has 0 aromatic heterocycles. The average molecular weight is 302 g/mol. The molecule has 0 fully saturated rings. The highest BCUT2D eigenvalue weighted by Crippen LogP contribution is 2.23. The first kappa shape index (κ1) is 12.7. The molecule has 0 N–H and O–H groups in total. The summed E-state index contributed by atoms with van der Waals surface area (Å²) in [5.74, 6) is 0.839. The molecule has 0 spiro atoms. The molecule has 0 saturated carbocycles. The molecule has 0 aliphatic heterocycles. The lowest BCUT2D eigenvalue weighted by molar-refractivity contribution is 0.303. The van der Waals surface area contributed by atoms with E-state index in [9.17, 15) is 0 Å². The van der Waals surface area contributed by atoms with E-state index in [1.165, 1.54) is 0 Å². The summed E-state index contributed by atoms with van der Waals surface area (Å²) in [6.07, 6.45) is 0. The summed E-state index contributed by atoms with van der Waals surface area (Å²) in [6, 6.07) is 15.5. The van der Waals surface area contributed by atoms with Crippen molar-refractivity contribution in [3.05, 3.63) is 63.6 Å². The normalized spacial score (nSPS) is 9.83. The van der Waals surface area contributed by atoms with Crippen LogP contribution < -0.4 is 4.74 Å². The zero-order chi connectivity index (χ0) is 13.0. The summed E-state index contributed by atoms with van der Waals surface area (Å²) >= 11 is 3.42. The topological polar surface area (TPSA) is 33.0 Å². The fourth-order valence-corrected chi connectivity index (χ4v) is 2.16. The van der Waals surface area contributed by atoms with Gasteiger partial charge in [-0.25, -0.2) is 0 Å². The van der Waals surface area contributed by atoms with Gasteiger partial charge in [-0.15, -0.1) is 0 Å². The Hall–Kier alpha value is -1.79. The molecule has 2 rings (SSSR count). The Morgan fingerprint density at radius 2 is 2.00 bits per heavy atom. The largest absolute Gasteiger partial charge is 0.489 e. The van der Waals surface area contributed by atoms with Crippen molar-refractivity contribution >= 4 is 15.9 Å². The summed E-state index contributed by atoms with van der Waals surface area (Å²) in [4.78, 5) is 0. The highest BCUT2D eigenvalue weighted by atomic mass is 79.9. The highest BCUT2D eigenvalue weighted by Gasteiger charge is 2.04. The molecular formula is C15H12BrNO. The zero-order valence-corrected chi connectivity index (χ0v) is 11.6. The molecule has 0 saturated heterocycles. The van der Waals surface area contributed by atoms with Crippen molar-refractivity contribution in [2.75, 3.05) is 0 Å². The Labute approximate surface area is 115 Å². The van der Waals surface area contributed by atoms with Gasteiger partial charge in [-0.3, -0.25) is 0 Å². The fraction of sp³-hybridized carbons (Fsp3) is 0.133. The van der Waals surface area contributed by atoms with E-state index in [0.717, 1.165) is 21.3 Å². The van der Waals surface area contributed by atoms with Gasteiger partial charge in [-0.05, 0) is 36.8 Å². The number of ether oxygens (including phenoxy) is 1. The predicted molar refractivity (Wildman–Crippen MR) is 74.4 cm³/mol. The zero-order valence-electron chi connectivity index (χ0n) is 9.98. The van der Waals surface area contributed by atoms with E-state index in [0.29, 0.717) is 12.2 Å². The molecule has 0 radical (unpaired) electrons. The molecule has 0 unspecified atom stereocenters. The molecule has 18 heavy (non-hydrogen) atoms. The summed E-state index contributed by atoms with van der Waals surface area (Å²) < 4.78 is 6.78. The number of nitriles is 1. The van der Waals surface area contributed by atoms with Crippen LogP contribution in [0.25, 0.3) is 0 Å². The Bertz CT molecular complexity index is 602. The quantitative estimate of drug-likeness (QED) is 0.851. The second kappa shape index (κ2) is 5.70. The monoisotopic (exact) mass is 301 g/mol. The van der Waals surface area contributed by atoms with Crippen LogP contribution in [0.15, 0.2) is 46.9 Å². The Morgan fingerprint density at radius 1 is 1.22 bits per heavy atom. The lowest BCUT2D eigenvalue weighted by atomic mass is 10.1. The molecule has 2 nitrogen and oxygen atoms in total. The van der Waals surface area contributed by atoms with E-state index in [2.05, 4.69) is 22.0 Å². The molecule has 0 aliphatic carbocycles. The molecule has 0 bridgehead atoms. The van der Waals surface area contributed by atoms with Crippen molar-refractivity contribution in [3.63, 3.8) is 0 Å². The SMILES string of the molecule is Cc1cc(Br)ccc1OCc1ccccc1C#N. The molecule has 0 aliphatic rings. The van der Waals surface area contributed by atoms with Crippen LogP contribution in [0.5, 0.6) is 5.75 Å². The Kier molecular flexibility index (Phi) is 4.01. The van der Waals surface area contributed by atoms with Crippen LogP contribution in [0.2, 0.25) is 0 Å². The molecule has 3 heteroatoms. The third-order valence-electron chi connectivity index (χ3n) is 2.66. The van der Waals surface area contributed by atoms with Crippen LogP contribution in [-0.2, 0) is 6.61 Å². The maximum atomic E-state index is 8.99. The maximum Gasteiger partial charge on any atom is 0.122 e. The summed E-state index contributed by atoms with van der Waals surface area (Å²) in [5, 5.41) is 8.99. The van der Waals surface area contributed by atoms with Crippen LogP contribution in [-0.4, -0.2) is 0 Å². The van der Waals surface area contributed by atoms with Gasteiger partial charge < -0.3 is 4.74 Å². The molecule has 90 valence electrons. The number of halogens is 1. The first-order chi connectivity index (χ1) is 8.70. The molecule has 2 aromatic rings. The van der Waals surface area contributed by atoms with Crippen molar-refractivity contribution in [2.45, 2.75) is 13.5 Å². The van der Waals surface area contributed by atoms with Gasteiger partial charge in [0, 0.05) is 10.0 Å². The van der Waals surface area contributed by atoms with Gasteiger partial charge in [-0.2, -0.15) is 5.26 Å². The number of rotatable bonds is 3. The van der Waals surface area contributed by atoms with Crippen molar-refractivity contribution in [2.24, 2.45) is 0 Å². The molecule has 0 amide bonds. The van der Waals surface area contributed by atoms with Gasteiger partial charge in [0.1, 0.15) is 12.4 Å². The van der Waals surface area contributed by atoms with Gasteiger partial charge in [-0.1, -0.05) is 34.1 Å². The number of hydrogen-bond acceptors (Lipinski definition) is 2. The fourth-order valence-electron chi connectivity index (χ4n) is 1.69. The first-order valence-corrected chi connectivity index (χ1v) is 6.37. The average Bonchev–Trinajstić information content (AvgIpc) is 2.38. The van der Waals surface area contributed by atoms with Crippen molar-refractivity contribution in [1.82, 2.24) is 0 Å². The predicted octanol–water partition coefficient (Wildman–Crippen LogP) is 4.21. The van der Waals surface area contributed by atoms with Gasteiger partial charge in [0.05, 0.1) is 11.6 Å². The standard InChI is InChI=1S/C15H12BrNO/c1-11-8-14(16)6-7-15(11)18-10-13-5-3-2-4-12(13)9-17/h2-8H,10H2,1H3. The molecule has 0 atom stereocenters. The van der Waals surface area contributed by atoms with Crippen LogP contribution in [0.1, 0.15) is 16.7 Å². The van der Waals surface area contributed by atoms with E-state index in [-0.39, 0.29) is 0 Å². The molecule has 2 aromatic carbocycles. The van der Waals surface area contributed by atoms with Crippen molar-refractivity contribution < 1.29 is 4.74 Å². The minimum Gasteiger partial charge on any atom is -0.489 e. The lowest BCUT2D eigenvalue weighted by Crippen LogP contribution is -1.99. The van der Waals surface area contributed by atoms with Crippen molar-refractivity contribution in [1.29, 1.82) is 5.26 Å². The summed E-state index contributed by atoms with van der Waals surface area (Å²) in [6.45, 7) is 2.41. The Balaban J connectivity index is 2.14.